The third-order valence-corrected chi connectivity index (χ3v) is 7.05. The number of aliphatic hydroxyl groups excluding tert-OH is 1. The Labute approximate surface area is 227 Å². The zero-order valence-electron chi connectivity index (χ0n) is 21.8. The van der Waals surface area contributed by atoms with E-state index in [2.05, 4.69) is 29.2 Å². The molecule has 204 valence electrons. The molecule has 5 rings (SSSR count). The lowest BCUT2D eigenvalue weighted by molar-refractivity contribution is -0.139. The number of rotatable bonds is 12. The van der Waals surface area contributed by atoms with Gasteiger partial charge in [-0.1, -0.05) is 30.3 Å². The van der Waals surface area contributed by atoms with E-state index in [0.717, 1.165) is 17.0 Å². The molecule has 2 aromatic carbocycles. The molecule has 9 heteroatoms. The van der Waals surface area contributed by atoms with Gasteiger partial charge >= 0.3 is 5.97 Å². The van der Waals surface area contributed by atoms with Crippen LogP contribution in [-0.4, -0.2) is 64.9 Å². The highest BCUT2D eigenvalue weighted by atomic mass is 16.5. The number of hydrogen-bond donors (Lipinski definition) is 2. The Morgan fingerprint density at radius 2 is 1.72 bits per heavy atom. The molecule has 1 saturated carbocycles. The van der Waals surface area contributed by atoms with Crippen LogP contribution >= 0.6 is 0 Å². The fourth-order valence-electron chi connectivity index (χ4n) is 4.61. The van der Waals surface area contributed by atoms with E-state index in [1.807, 2.05) is 18.2 Å². The zero-order valence-corrected chi connectivity index (χ0v) is 21.8. The molecule has 2 N–H and O–H groups in total. The maximum absolute atomic E-state index is 12.9. The van der Waals surface area contributed by atoms with E-state index in [4.69, 9.17) is 19.3 Å². The summed E-state index contributed by atoms with van der Waals surface area (Å²) in [6.45, 7) is 1.35. The van der Waals surface area contributed by atoms with Gasteiger partial charge in [-0.2, -0.15) is 0 Å². The van der Waals surface area contributed by atoms with E-state index < -0.39 is 18.5 Å². The number of carbonyl (C=O) groups excluding carboxylic acids is 1. The lowest BCUT2D eigenvalue weighted by Crippen LogP contribution is -2.48. The van der Waals surface area contributed by atoms with Crippen LogP contribution in [0.15, 0.2) is 60.8 Å². The molecule has 1 amide bonds. The number of benzene rings is 2. The Morgan fingerprint density at radius 1 is 0.974 bits per heavy atom. The van der Waals surface area contributed by atoms with Crippen molar-refractivity contribution in [3.63, 3.8) is 0 Å². The quantitative estimate of drug-likeness (QED) is 0.359. The molecule has 2 aliphatic rings. The lowest BCUT2D eigenvalue weighted by Gasteiger charge is -2.39. The average Bonchev–Trinajstić information content (AvgIpc) is 3.76. The molecule has 0 radical (unpaired) electrons. The molecule has 0 spiro atoms. The number of carbonyl (C=O) groups is 2. The summed E-state index contributed by atoms with van der Waals surface area (Å²) in [4.78, 5) is 29.5. The summed E-state index contributed by atoms with van der Waals surface area (Å²) < 4.78 is 17.1. The second kappa shape index (κ2) is 11.7. The third kappa shape index (κ3) is 6.67. The highest BCUT2D eigenvalue weighted by Crippen LogP contribution is 2.40. The number of carboxylic acids is 1. The first kappa shape index (κ1) is 26.5. The van der Waals surface area contributed by atoms with Crippen molar-refractivity contribution >= 4 is 11.9 Å². The minimum absolute atomic E-state index is 0.164. The van der Waals surface area contributed by atoms with Gasteiger partial charge in [0, 0.05) is 31.3 Å². The molecule has 39 heavy (non-hydrogen) atoms. The number of nitrogens with zero attached hydrogens (tertiary/aromatic N) is 2. The van der Waals surface area contributed by atoms with Crippen molar-refractivity contribution < 1.29 is 34.0 Å². The van der Waals surface area contributed by atoms with Crippen molar-refractivity contribution in [2.45, 2.75) is 43.8 Å². The highest BCUT2D eigenvalue weighted by Gasteiger charge is 2.33. The Kier molecular flexibility index (Phi) is 7.97. The van der Waals surface area contributed by atoms with E-state index in [1.165, 1.54) is 30.7 Å². The van der Waals surface area contributed by atoms with E-state index in [-0.39, 0.29) is 24.1 Å². The SMILES string of the molecule is COc1cc(C2CN(C(=O)c3cc(OCC(O)CC(=O)O)ccn3)C2)ccc1OCc1ccc(C2CC2)cc1. The maximum atomic E-state index is 12.9. The molecule has 1 saturated heterocycles. The average molecular weight is 533 g/mol. The number of methoxy groups -OCH3 is 1. The van der Waals surface area contributed by atoms with Gasteiger partial charge in [0.25, 0.3) is 5.91 Å². The highest BCUT2D eigenvalue weighted by molar-refractivity contribution is 5.93. The first-order valence-corrected chi connectivity index (χ1v) is 13.1. The van der Waals surface area contributed by atoms with Crippen molar-refractivity contribution in [3.05, 3.63) is 83.2 Å². The van der Waals surface area contributed by atoms with E-state index >= 15 is 0 Å². The fraction of sp³-hybridized carbons (Fsp3) is 0.367. The molecule has 1 aliphatic carbocycles. The van der Waals surface area contributed by atoms with E-state index in [9.17, 15) is 14.7 Å². The van der Waals surface area contributed by atoms with Crippen molar-refractivity contribution in [1.82, 2.24) is 9.88 Å². The van der Waals surface area contributed by atoms with Gasteiger partial charge < -0.3 is 29.3 Å². The fourth-order valence-corrected chi connectivity index (χ4v) is 4.61. The van der Waals surface area contributed by atoms with Gasteiger partial charge in [-0.15, -0.1) is 0 Å². The van der Waals surface area contributed by atoms with Crippen molar-refractivity contribution in [2.75, 3.05) is 26.8 Å². The predicted octanol–water partition coefficient (Wildman–Crippen LogP) is 4.00. The van der Waals surface area contributed by atoms with Crippen LogP contribution in [0.5, 0.6) is 17.2 Å². The Bertz CT molecular complexity index is 1320. The molecule has 1 unspecified atom stereocenters. The Hall–Kier alpha value is -4.11. The lowest BCUT2D eigenvalue weighted by atomic mass is 9.91. The molecule has 2 fully saturated rings. The predicted molar refractivity (Wildman–Crippen MR) is 142 cm³/mol. The second-order valence-electron chi connectivity index (χ2n) is 10.1. The van der Waals surface area contributed by atoms with Gasteiger partial charge in [-0.05, 0) is 53.6 Å². The van der Waals surface area contributed by atoms with E-state index in [1.54, 1.807) is 18.1 Å². The molecule has 1 atom stereocenters. The van der Waals surface area contributed by atoms with Crippen LogP contribution in [0.2, 0.25) is 0 Å². The minimum atomic E-state index is -1.14. The minimum Gasteiger partial charge on any atom is -0.493 e. The van der Waals surface area contributed by atoms with Crippen molar-refractivity contribution in [2.24, 2.45) is 0 Å². The number of aliphatic carboxylic acids is 1. The summed E-state index contributed by atoms with van der Waals surface area (Å²) in [7, 11) is 1.62. The van der Waals surface area contributed by atoms with Gasteiger partial charge in [-0.3, -0.25) is 14.6 Å². The van der Waals surface area contributed by atoms with Crippen LogP contribution in [0.1, 0.15) is 58.3 Å². The summed E-state index contributed by atoms with van der Waals surface area (Å²) >= 11 is 0. The Balaban J connectivity index is 1.14. The Morgan fingerprint density at radius 3 is 2.41 bits per heavy atom. The number of ether oxygens (including phenoxy) is 3. The summed E-state index contributed by atoms with van der Waals surface area (Å²) in [5, 5.41) is 18.4. The molecular weight excluding hydrogens is 500 g/mol. The second-order valence-corrected chi connectivity index (χ2v) is 10.1. The van der Waals surface area contributed by atoms with Crippen LogP contribution in [0.3, 0.4) is 0 Å². The summed E-state index contributed by atoms with van der Waals surface area (Å²) in [6, 6.07) is 17.6. The number of aliphatic hydroxyl groups is 1. The monoisotopic (exact) mass is 532 g/mol. The van der Waals surface area contributed by atoms with Crippen LogP contribution in [0.4, 0.5) is 0 Å². The number of likely N-dealkylation sites (tertiary alicyclic amines) is 1. The molecular formula is C30H32N2O7. The summed E-state index contributed by atoms with van der Waals surface area (Å²) in [5.41, 5.74) is 3.80. The summed E-state index contributed by atoms with van der Waals surface area (Å²) in [5.74, 6) is 1.24. The van der Waals surface area contributed by atoms with Crippen molar-refractivity contribution in [3.8, 4) is 17.2 Å². The topological polar surface area (TPSA) is 118 Å². The molecule has 0 bridgehead atoms. The number of aromatic nitrogens is 1. The molecule has 1 aromatic heterocycles. The number of amides is 1. The van der Waals surface area contributed by atoms with Gasteiger partial charge in [0.05, 0.1) is 19.6 Å². The van der Waals surface area contributed by atoms with Crippen LogP contribution in [-0.2, 0) is 11.4 Å². The normalized spacial score (nSPS) is 15.8. The molecule has 3 aromatic rings. The van der Waals surface area contributed by atoms with Gasteiger partial charge in [0.2, 0.25) is 0 Å². The number of carboxylic acid groups (broad SMARTS) is 1. The summed E-state index contributed by atoms with van der Waals surface area (Å²) in [6.07, 6.45) is 2.47. The van der Waals surface area contributed by atoms with Crippen LogP contribution in [0.25, 0.3) is 0 Å². The van der Waals surface area contributed by atoms with Gasteiger partial charge in [0.15, 0.2) is 11.5 Å². The number of pyridine rings is 1. The van der Waals surface area contributed by atoms with Crippen molar-refractivity contribution in [1.29, 1.82) is 0 Å². The molecule has 1 aliphatic heterocycles. The molecule has 2 heterocycles. The first-order valence-electron chi connectivity index (χ1n) is 13.1. The third-order valence-electron chi connectivity index (χ3n) is 7.05. The first-order chi connectivity index (χ1) is 18.9. The maximum Gasteiger partial charge on any atom is 0.306 e. The smallest absolute Gasteiger partial charge is 0.306 e. The largest absolute Gasteiger partial charge is 0.493 e. The molecule has 9 nitrogen and oxygen atoms in total. The van der Waals surface area contributed by atoms with Gasteiger partial charge in [-0.25, -0.2) is 0 Å². The van der Waals surface area contributed by atoms with Gasteiger partial charge in [0.1, 0.15) is 24.7 Å². The standard InChI is InChI=1S/C30H32N2O7/c1-37-28-12-22(8-9-27(28)39-17-19-2-4-20(5-3-19)21-6-7-21)23-15-32(16-23)30(36)26-14-25(10-11-31-26)38-18-24(33)13-29(34)35/h2-5,8-12,14,21,23-24,33H,6-7,13,15-18H2,1H3,(H,34,35). The van der Waals surface area contributed by atoms with E-state index in [0.29, 0.717) is 36.9 Å². The zero-order chi connectivity index (χ0) is 27.4. The number of hydrogen-bond acceptors (Lipinski definition) is 7. The van der Waals surface area contributed by atoms with Crippen LogP contribution in [0, 0.1) is 0 Å². The van der Waals surface area contributed by atoms with Crippen LogP contribution < -0.4 is 14.2 Å².